The zero-order valence-electron chi connectivity index (χ0n) is 17.4. The minimum atomic E-state index is -0.295. The number of carbonyl (C=O) groups excluding carboxylic acids is 2. The number of amides is 2. The Morgan fingerprint density at radius 3 is 2.75 bits per heavy atom. The number of hydrogen-bond acceptors (Lipinski definition) is 7. The van der Waals surface area contributed by atoms with Crippen LogP contribution in [0.5, 0.6) is 5.75 Å². The van der Waals surface area contributed by atoms with Crippen molar-refractivity contribution >= 4 is 61.6 Å². The summed E-state index contributed by atoms with van der Waals surface area (Å²) >= 11 is 2.92. The lowest BCUT2D eigenvalue weighted by atomic mass is 10.2. The monoisotopic (exact) mass is 464 g/mol. The van der Waals surface area contributed by atoms with Crippen LogP contribution in [-0.2, 0) is 16.2 Å². The summed E-state index contributed by atoms with van der Waals surface area (Å²) in [6, 6.07) is 12.9. The maximum absolute atomic E-state index is 12.4. The van der Waals surface area contributed by atoms with Crippen LogP contribution < -0.4 is 15.4 Å². The van der Waals surface area contributed by atoms with E-state index in [9.17, 15) is 9.59 Å². The number of anilines is 2. The van der Waals surface area contributed by atoms with Crippen molar-refractivity contribution in [1.29, 1.82) is 0 Å². The Balaban J connectivity index is 1.41. The smallest absolute Gasteiger partial charge is 0.250 e. The summed E-state index contributed by atoms with van der Waals surface area (Å²) in [5.74, 6) is 0.238. The minimum absolute atomic E-state index is 0.140. The molecule has 2 amide bonds. The number of nitrogens with one attached hydrogen (secondary N) is 2. The standard InChI is InChI=1S/C23H20N4O3S2/c1-14(28)24-17-8-9-19-21(11-17)32-23(26-19)27-22(29)10-7-16-5-3-4-6-20(16)30-12-18-13-31-15(2)25-18/h3-11,13H,12H2,1-2H3,(H,24,28)(H,26,27,29)/b10-7+. The van der Waals surface area contributed by atoms with Crippen molar-refractivity contribution < 1.29 is 14.3 Å². The fourth-order valence-corrected chi connectivity index (χ4v) is 4.45. The summed E-state index contributed by atoms with van der Waals surface area (Å²) in [6.07, 6.45) is 3.16. The highest BCUT2D eigenvalue weighted by Crippen LogP contribution is 2.28. The van der Waals surface area contributed by atoms with Crippen LogP contribution in [0.2, 0.25) is 0 Å². The fraction of sp³-hybridized carbons (Fsp3) is 0.130. The SMILES string of the molecule is CC(=O)Nc1ccc2nc(NC(=O)/C=C/c3ccccc3OCc3csc(C)n3)sc2c1. The van der Waals surface area contributed by atoms with Crippen molar-refractivity contribution in [3.8, 4) is 5.75 Å². The summed E-state index contributed by atoms with van der Waals surface area (Å²) in [6.45, 7) is 3.78. The number of aryl methyl sites for hydroxylation is 1. The number of nitrogens with zero attached hydrogens (tertiary/aromatic N) is 2. The Bertz CT molecular complexity index is 1310. The second-order valence-corrected chi connectivity index (χ2v) is 8.98. The Kier molecular flexibility index (Phi) is 6.58. The molecule has 0 spiro atoms. The molecule has 0 bridgehead atoms. The second kappa shape index (κ2) is 9.71. The van der Waals surface area contributed by atoms with E-state index in [-0.39, 0.29) is 11.8 Å². The number of carbonyl (C=O) groups is 2. The zero-order valence-corrected chi connectivity index (χ0v) is 19.0. The van der Waals surface area contributed by atoms with Gasteiger partial charge >= 0.3 is 0 Å². The molecule has 4 aromatic rings. The topological polar surface area (TPSA) is 93.2 Å². The molecule has 2 aromatic carbocycles. The molecular weight excluding hydrogens is 444 g/mol. The fourth-order valence-electron chi connectivity index (χ4n) is 2.95. The van der Waals surface area contributed by atoms with Gasteiger partial charge in [-0.05, 0) is 37.3 Å². The highest BCUT2D eigenvalue weighted by molar-refractivity contribution is 7.22. The largest absolute Gasteiger partial charge is 0.487 e. The van der Waals surface area contributed by atoms with E-state index in [1.165, 1.54) is 24.3 Å². The van der Waals surface area contributed by atoms with E-state index in [1.807, 2.05) is 42.6 Å². The minimum Gasteiger partial charge on any atom is -0.487 e. The van der Waals surface area contributed by atoms with Crippen molar-refractivity contribution in [2.24, 2.45) is 0 Å². The molecule has 0 saturated heterocycles. The first-order valence-electron chi connectivity index (χ1n) is 9.76. The molecule has 0 aliphatic carbocycles. The van der Waals surface area contributed by atoms with Gasteiger partial charge in [0.2, 0.25) is 11.8 Å². The van der Waals surface area contributed by atoms with Gasteiger partial charge in [0.05, 0.1) is 20.9 Å². The van der Waals surface area contributed by atoms with Crippen molar-refractivity contribution in [2.45, 2.75) is 20.5 Å². The average molecular weight is 465 g/mol. The third-order valence-corrected chi connectivity index (χ3v) is 6.07. The van der Waals surface area contributed by atoms with Crippen LogP contribution in [0.1, 0.15) is 23.2 Å². The third-order valence-electron chi connectivity index (χ3n) is 4.31. The van der Waals surface area contributed by atoms with Gasteiger partial charge in [0.25, 0.3) is 0 Å². The summed E-state index contributed by atoms with van der Waals surface area (Å²) in [7, 11) is 0. The Labute approximate surface area is 192 Å². The Hall–Kier alpha value is -3.56. The highest BCUT2D eigenvalue weighted by Gasteiger charge is 2.08. The molecule has 162 valence electrons. The first kappa shape index (κ1) is 21.7. The molecule has 0 atom stereocenters. The molecule has 0 unspecified atom stereocenters. The van der Waals surface area contributed by atoms with Crippen LogP contribution in [0.15, 0.2) is 53.9 Å². The number of ether oxygens (including phenoxy) is 1. The van der Waals surface area contributed by atoms with Crippen LogP contribution in [0.4, 0.5) is 10.8 Å². The number of aromatic nitrogens is 2. The molecule has 0 aliphatic rings. The van der Waals surface area contributed by atoms with Gasteiger partial charge in [0.1, 0.15) is 12.4 Å². The lowest BCUT2D eigenvalue weighted by Gasteiger charge is -2.07. The summed E-state index contributed by atoms with van der Waals surface area (Å²) in [5, 5.41) is 8.98. The van der Waals surface area contributed by atoms with Crippen molar-refractivity contribution in [2.75, 3.05) is 10.6 Å². The number of thiazole rings is 2. The van der Waals surface area contributed by atoms with E-state index in [4.69, 9.17) is 4.74 Å². The molecular formula is C23H20N4O3S2. The maximum Gasteiger partial charge on any atom is 0.250 e. The van der Waals surface area contributed by atoms with E-state index in [0.29, 0.717) is 23.2 Å². The number of fused-ring (bicyclic) bond motifs is 1. The molecule has 4 rings (SSSR count). The van der Waals surface area contributed by atoms with Crippen LogP contribution in [0.3, 0.4) is 0 Å². The molecule has 9 heteroatoms. The van der Waals surface area contributed by atoms with Crippen molar-refractivity contribution in [1.82, 2.24) is 9.97 Å². The molecule has 2 heterocycles. The quantitative estimate of drug-likeness (QED) is 0.364. The van der Waals surface area contributed by atoms with E-state index < -0.39 is 0 Å². The van der Waals surface area contributed by atoms with E-state index >= 15 is 0 Å². The number of rotatable bonds is 7. The number of hydrogen-bond donors (Lipinski definition) is 2. The zero-order chi connectivity index (χ0) is 22.5. The summed E-state index contributed by atoms with van der Waals surface area (Å²) in [4.78, 5) is 32.5. The second-order valence-electron chi connectivity index (χ2n) is 6.89. The van der Waals surface area contributed by atoms with E-state index in [1.54, 1.807) is 29.5 Å². The number of para-hydroxylation sites is 1. The molecule has 0 radical (unpaired) electrons. The molecule has 7 nitrogen and oxygen atoms in total. The van der Waals surface area contributed by atoms with Gasteiger partial charge < -0.3 is 10.1 Å². The molecule has 0 aliphatic heterocycles. The van der Waals surface area contributed by atoms with Crippen molar-refractivity contribution in [3.63, 3.8) is 0 Å². The lowest BCUT2D eigenvalue weighted by molar-refractivity contribution is -0.114. The summed E-state index contributed by atoms with van der Waals surface area (Å²) in [5.41, 5.74) is 3.11. The van der Waals surface area contributed by atoms with Crippen LogP contribution in [0.25, 0.3) is 16.3 Å². The highest BCUT2D eigenvalue weighted by atomic mass is 32.1. The predicted octanol–water partition coefficient (Wildman–Crippen LogP) is 5.25. The van der Waals surface area contributed by atoms with Gasteiger partial charge in [-0.15, -0.1) is 11.3 Å². The van der Waals surface area contributed by atoms with Gasteiger partial charge in [-0.3, -0.25) is 14.9 Å². The van der Waals surface area contributed by atoms with E-state index in [0.717, 1.165) is 26.5 Å². The molecule has 32 heavy (non-hydrogen) atoms. The average Bonchev–Trinajstić information content (AvgIpc) is 3.35. The van der Waals surface area contributed by atoms with Gasteiger partial charge in [-0.25, -0.2) is 9.97 Å². The van der Waals surface area contributed by atoms with E-state index in [2.05, 4.69) is 20.6 Å². The molecule has 2 aromatic heterocycles. The number of benzene rings is 2. The van der Waals surface area contributed by atoms with Crippen LogP contribution in [0, 0.1) is 6.92 Å². The molecule has 2 N–H and O–H groups in total. The molecule has 0 saturated carbocycles. The van der Waals surface area contributed by atoms with Gasteiger partial charge in [-0.2, -0.15) is 0 Å². The van der Waals surface area contributed by atoms with Gasteiger partial charge in [0, 0.05) is 29.6 Å². The van der Waals surface area contributed by atoms with Gasteiger partial charge in [0.15, 0.2) is 5.13 Å². The Morgan fingerprint density at radius 2 is 1.97 bits per heavy atom. The normalized spacial score (nSPS) is 11.1. The van der Waals surface area contributed by atoms with Crippen molar-refractivity contribution in [3.05, 3.63) is 70.2 Å². The van der Waals surface area contributed by atoms with Crippen LogP contribution >= 0.6 is 22.7 Å². The first-order valence-corrected chi connectivity index (χ1v) is 11.5. The first-order chi connectivity index (χ1) is 15.5. The predicted molar refractivity (Wildman–Crippen MR) is 129 cm³/mol. The Morgan fingerprint density at radius 1 is 1.12 bits per heavy atom. The summed E-state index contributed by atoms with van der Waals surface area (Å²) < 4.78 is 6.75. The van der Waals surface area contributed by atoms with Crippen LogP contribution in [-0.4, -0.2) is 21.8 Å². The molecule has 0 fully saturated rings. The third kappa shape index (κ3) is 5.57. The lowest BCUT2D eigenvalue weighted by Crippen LogP contribution is -2.07. The van der Waals surface area contributed by atoms with Gasteiger partial charge in [-0.1, -0.05) is 29.5 Å². The maximum atomic E-state index is 12.4.